The fourth-order valence-electron chi connectivity index (χ4n) is 1.36. The molecule has 0 amide bonds. The predicted molar refractivity (Wildman–Crippen MR) is 54.3 cm³/mol. The summed E-state index contributed by atoms with van der Waals surface area (Å²) in [7, 11) is 0. The summed E-state index contributed by atoms with van der Waals surface area (Å²) in [4.78, 5) is 4.18. The van der Waals surface area contributed by atoms with Crippen LogP contribution in [0.25, 0.3) is 10.9 Å². The van der Waals surface area contributed by atoms with Crippen molar-refractivity contribution in [2.45, 2.75) is 6.54 Å². The number of aromatic nitrogens is 1. The average molecular weight is 183 g/mol. The Morgan fingerprint density at radius 1 is 1.36 bits per heavy atom. The molecule has 0 aliphatic rings. The van der Waals surface area contributed by atoms with E-state index in [1.54, 1.807) is 6.20 Å². The van der Waals surface area contributed by atoms with Gasteiger partial charge in [-0.1, -0.05) is 12.1 Å². The van der Waals surface area contributed by atoms with E-state index in [9.17, 15) is 0 Å². The zero-order valence-electron chi connectivity index (χ0n) is 7.57. The Labute approximate surface area is 81.8 Å². The molecule has 1 heterocycles. The van der Waals surface area contributed by atoms with Crippen LogP contribution in [0.2, 0.25) is 0 Å². The van der Waals surface area contributed by atoms with Crippen LogP contribution in [0, 0.1) is 11.3 Å². The third kappa shape index (κ3) is 1.43. The normalized spacial score (nSPS) is 10.0. The Bertz CT molecular complexity index is 511. The molecule has 2 aromatic rings. The Hall–Kier alpha value is -1.92. The van der Waals surface area contributed by atoms with Crippen molar-refractivity contribution in [3.05, 3.63) is 41.6 Å². The van der Waals surface area contributed by atoms with Gasteiger partial charge in [0.15, 0.2) is 0 Å². The smallest absolute Gasteiger partial charge is 0.101 e. The Balaban J connectivity index is 2.64. The van der Waals surface area contributed by atoms with Crippen LogP contribution >= 0.6 is 0 Å². The third-order valence-electron chi connectivity index (χ3n) is 2.11. The van der Waals surface area contributed by atoms with Gasteiger partial charge in [0.1, 0.15) is 6.07 Å². The number of pyridine rings is 1. The van der Waals surface area contributed by atoms with Gasteiger partial charge in [0.05, 0.1) is 11.1 Å². The number of nitriles is 1. The maximum Gasteiger partial charge on any atom is 0.101 e. The van der Waals surface area contributed by atoms with Crippen molar-refractivity contribution >= 4 is 10.9 Å². The molecule has 14 heavy (non-hydrogen) atoms. The number of benzene rings is 1. The Kier molecular flexibility index (Phi) is 2.13. The second-order valence-corrected chi connectivity index (χ2v) is 3.07. The van der Waals surface area contributed by atoms with Gasteiger partial charge in [0.25, 0.3) is 0 Å². The summed E-state index contributed by atoms with van der Waals surface area (Å²) >= 11 is 0. The monoisotopic (exact) mass is 183 g/mol. The lowest BCUT2D eigenvalue weighted by Crippen LogP contribution is -1.95. The molecule has 2 rings (SSSR count). The second kappa shape index (κ2) is 3.44. The molecule has 68 valence electrons. The minimum atomic E-state index is 0.512. The summed E-state index contributed by atoms with van der Waals surface area (Å²) in [5.41, 5.74) is 8.03. The lowest BCUT2D eigenvalue weighted by molar-refractivity contribution is 1.07. The van der Waals surface area contributed by atoms with E-state index in [0.717, 1.165) is 16.5 Å². The molecule has 2 N–H and O–H groups in total. The topological polar surface area (TPSA) is 62.7 Å². The zero-order chi connectivity index (χ0) is 9.97. The molecule has 1 aromatic carbocycles. The molecular weight excluding hydrogens is 174 g/mol. The van der Waals surface area contributed by atoms with Crippen LogP contribution in [0.4, 0.5) is 0 Å². The standard InChI is InChI=1S/C11H9N3/c12-5-8-1-2-10-3-9(6-13)7-14-11(10)4-8/h1-4,7H,5,12H2. The lowest BCUT2D eigenvalue weighted by atomic mass is 10.1. The summed E-state index contributed by atoms with van der Waals surface area (Å²) in [6.07, 6.45) is 1.57. The molecule has 3 nitrogen and oxygen atoms in total. The first-order valence-electron chi connectivity index (χ1n) is 4.32. The number of nitrogens with zero attached hydrogens (tertiary/aromatic N) is 2. The molecule has 0 radical (unpaired) electrons. The van der Waals surface area contributed by atoms with E-state index in [4.69, 9.17) is 11.0 Å². The first-order valence-corrected chi connectivity index (χ1v) is 4.32. The van der Waals surface area contributed by atoms with Crippen LogP contribution in [0.15, 0.2) is 30.5 Å². The maximum absolute atomic E-state index is 8.69. The molecular formula is C11H9N3. The number of rotatable bonds is 1. The van der Waals surface area contributed by atoms with E-state index in [1.807, 2.05) is 24.3 Å². The molecule has 0 saturated carbocycles. The van der Waals surface area contributed by atoms with E-state index in [0.29, 0.717) is 12.1 Å². The van der Waals surface area contributed by atoms with Gasteiger partial charge < -0.3 is 5.73 Å². The predicted octanol–water partition coefficient (Wildman–Crippen LogP) is 1.57. The van der Waals surface area contributed by atoms with Crippen LogP contribution in [-0.2, 0) is 6.54 Å². The Morgan fingerprint density at radius 3 is 2.93 bits per heavy atom. The molecule has 0 saturated heterocycles. The van der Waals surface area contributed by atoms with Crippen LogP contribution < -0.4 is 5.73 Å². The molecule has 3 heteroatoms. The number of hydrogen-bond donors (Lipinski definition) is 1. The van der Waals surface area contributed by atoms with E-state index < -0.39 is 0 Å². The van der Waals surface area contributed by atoms with Crippen LogP contribution in [0.5, 0.6) is 0 Å². The minimum Gasteiger partial charge on any atom is -0.326 e. The molecule has 0 aliphatic heterocycles. The van der Waals surface area contributed by atoms with E-state index in [-0.39, 0.29) is 0 Å². The van der Waals surface area contributed by atoms with Crippen molar-refractivity contribution in [3.63, 3.8) is 0 Å². The van der Waals surface area contributed by atoms with E-state index >= 15 is 0 Å². The van der Waals surface area contributed by atoms with Gasteiger partial charge in [-0.2, -0.15) is 5.26 Å². The van der Waals surface area contributed by atoms with Gasteiger partial charge in [-0.15, -0.1) is 0 Å². The second-order valence-electron chi connectivity index (χ2n) is 3.07. The average Bonchev–Trinajstić information content (AvgIpc) is 2.27. The summed E-state index contributed by atoms with van der Waals surface area (Å²) in [6, 6.07) is 9.71. The van der Waals surface area contributed by atoms with Crippen molar-refractivity contribution in [3.8, 4) is 6.07 Å². The first kappa shape index (κ1) is 8.67. The lowest BCUT2D eigenvalue weighted by Gasteiger charge is -2.00. The van der Waals surface area contributed by atoms with E-state index in [1.165, 1.54) is 0 Å². The van der Waals surface area contributed by atoms with Gasteiger partial charge in [-0.05, 0) is 17.7 Å². The van der Waals surface area contributed by atoms with Crippen LogP contribution in [0.1, 0.15) is 11.1 Å². The SMILES string of the molecule is N#Cc1cnc2cc(CN)ccc2c1. The summed E-state index contributed by atoms with van der Waals surface area (Å²) in [5, 5.41) is 9.66. The molecule has 0 atom stereocenters. The summed E-state index contributed by atoms with van der Waals surface area (Å²) in [6.45, 7) is 0.512. The quantitative estimate of drug-likeness (QED) is 0.729. The van der Waals surface area contributed by atoms with Crippen molar-refractivity contribution in [2.75, 3.05) is 0 Å². The van der Waals surface area contributed by atoms with Crippen molar-refractivity contribution < 1.29 is 0 Å². The first-order chi connectivity index (χ1) is 6.83. The molecule has 1 aromatic heterocycles. The van der Waals surface area contributed by atoms with Gasteiger partial charge >= 0.3 is 0 Å². The molecule has 0 fully saturated rings. The third-order valence-corrected chi connectivity index (χ3v) is 2.11. The zero-order valence-corrected chi connectivity index (χ0v) is 7.57. The minimum absolute atomic E-state index is 0.512. The number of nitrogens with two attached hydrogens (primary N) is 1. The van der Waals surface area contributed by atoms with Gasteiger partial charge in [0, 0.05) is 18.1 Å². The highest BCUT2D eigenvalue weighted by Gasteiger charge is 1.98. The van der Waals surface area contributed by atoms with Gasteiger partial charge in [-0.25, -0.2) is 0 Å². The number of hydrogen-bond acceptors (Lipinski definition) is 3. The largest absolute Gasteiger partial charge is 0.326 e. The van der Waals surface area contributed by atoms with E-state index in [2.05, 4.69) is 11.1 Å². The van der Waals surface area contributed by atoms with Crippen molar-refractivity contribution in [1.82, 2.24) is 4.98 Å². The summed E-state index contributed by atoms with van der Waals surface area (Å²) < 4.78 is 0. The summed E-state index contributed by atoms with van der Waals surface area (Å²) in [5.74, 6) is 0. The highest BCUT2D eigenvalue weighted by atomic mass is 14.7. The molecule has 0 spiro atoms. The van der Waals surface area contributed by atoms with Crippen molar-refractivity contribution in [2.24, 2.45) is 5.73 Å². The van der Waals surface area contributed by atoms with Crippen LogP contribution in [-0.4, -0.2) is 4.98 Å². The van der Waals surface area contributed by atoms with Crippen LogP contribution in [0.3, 0.4) is 0 Å². The fourth-order valence-corrected chi connectivity index (χ4v) is 1.36. The Morgan fingerprint density at radius 2 is 2.21 bits per heavy atom. The molecule has 0 bridgehead atoms. The highest BCUT2D eigenvalue weighted by Crippen LogP contribution is 2.14. The molecule has 0 unspecified atom stereocenters. The van der Waals surface area contributed by atoms with Gasteiger partial charge in [-0.3, -0.25) is 4.98 Å². The highest BCUT2D eigenvalue weighted by molar-refractivity contribution is 5.80. The van der Waals surface area contributed by atoms with Gasteiger partial charge in [0.2, 0.25) is 0 Å². The molecule has 0 aliphatic carbocycles. The fraction of sp³-hybridized carbons (Fsp3) is 0.0909. The maximum atomic E-state index is 8.69. The number of fused-ring (bicyclic) bond motifs is 1. The van der Waals surface area contributed by atoms with Crippen molar-refractivity contribution in [1.29, 1.82) is 5.26 Å².